The molecule has 0 unspecified atom stereocenters. The number of nitrogens with zero attached hydrogens (tertiary/aromatic N) is 2. The average Bonchev–Trinajstić information content (AvgIpc) is 2.96. The average molecular weight is 225 g/mol. The maximum absolute atomic E-state index is 4.13. The molecule has 2 rings (SSSR count). The molecule has 0 atom stereocenters. The second kappa shape index (κ2) is 5.56. The Morgan fingerprint density at radius 2 is 2.47 bits per heavy atom. The van der Waals surface area contributed by atoms with E-state index >= 15 is 0 Å². The van der Waals surface area contributed by atoms with Crippen LogP contribution in [0.2, 0.25) is 0 Å². The summed E-state index contributed by atoms with van der Waals surface area (Å²) in [5.41, 5.74) is 1.25. The molecule has 0 bridgehead atoms. The van der Waals surface area contributed by atoms with Crippen molar-refractivity contribution in [1.82, 2.24) is 15.1 Å². The fraction of sp³-hybridized carbons (Fsp3) is 0.727. The van der Waals surface area contributed by atoms with Crippen LogP contribution in [0, 0.1) is 5.92 Å². The van der Waals surface area contributed by atoms with Crippen LogP contribution in [-0.4, -0.2) is 27.8 Å². The quantitative estimate of drug-likeness (QED) is 0.716. The van der Waals surface area contributed by atoms with E-state index in [9.17, 15) is 0 Å². The van der Waals surface area contributed by atoms with Crippen molar-refractivity contribution in [3.8, 4) is 0 Å². The molecule has 1 aromatic rings. The first kappa shape index (κ1) is 11.0. The summed E-state index contributed by atoms with van der Waals surface area (Å²) in [5, 5.41) is 7.58. The number of aryl methyl sites for hydroxylation is 1. The summed E-state index contributed by atoms with van der Waals surface area (Å²) in [6, 6.07) is 2.06. The predicted molar refractivity (Wildman–Crippen MR) is 65.0 cm³/mol. The molecule has 0 saturated heterocycles. The number of thioether (sulfide) groups is 1. The zero-order chi connectivity index (χ0) is 10.5. The Bertz CT molecular complexity index is 294. The van der Waals surface area contributed by atoms with Crippen molar-refractivity contribution in [2.75, 3.05) is 18.1 Å². The lowest BCUT2D eigenvalue weighted by atomic mass is 10.4. The van der Waals surface area contributed by atoms with Gasteiger partial charge in [0.15, 0.2) is 0 Å². The molecule has 0 aromatic carbocycles. The van der Waals surface area contributed by atoms with Gasteiger partial charge in [0.2, 0.25) is 0 Å². The van der Waals surface area contributed by atoms with Crippen LogP contribution in [-0.2, 0) is 13.6 Å². The molecular weight excluding hydrogens is 206 g/mol. The van der Waals surface area contributed by atoms with Gasteiger partial charge in [-0.05, 0) is 30.6 Å². The molecule has 0 aliphatic heterocycles. The van der Waals surface area contributed by atoms with Crippen molar-refractivity contribution in [3.63, 3.8) is 0 Å². The van der Waals surface area contributed by atoms with E-state index in [2.05, 4.69) is 28.2 Å². The third-order valence-electron chi connectivity index (χ3n) is 2.70. The Labute approximate surface area is 95.6 Å². The Hall–Kier alpha value is -0.480. The molecule has 0 amide bonds. The highest BCUT2D eigenvalue weighted by atomic mass is 32.2. The lowest BCUT2D eigenvalue weighted by Gasteiger charge is -2.04. The maximum atomic E-state index is 4.13. The summed E-state index contributed by atoms with van der Waals surface area (Å²) in [5.74, 6) is 3.65. The van der Waals surface area contributed by atoms with E-state index in [1.165, 1.54) is 30.0 Å². The van der Waals surface area contributed by atoms with Crippen LogP contribution in [0.25, 0.3) is 0 Å². The van der Waals surface area contributed by atoms with Gasteiger partial charge in [-0.3, -0.25) is 4.68 Å². The predicted octanol–water partition coefficient (Wildman–Crippen LogP) is 1.65. The van der Waals surface area contributed by atoms with Crippen molar-refractivity contribution in [2.24, 2.45) is 13.0 Å². The highest BCUT2D eigenvalue weighted by molar-refractivity contribution is 7.99. The number of hydrogen-bond acceptors (Lipinski definition) is 3. The summed E-state index contributed by atoms with van der Waals surface area (Å²) < 4.78 is 1.92. The monoisotopic (exact) mass is 225 g/mol. The molecule has 1 heterocycles. The molecule has 1 N–H and O–H groups in total. The first-order chi connectivity index (χ1) is 7.36. The minimum atomic E-state index is 0.931. The van der Waals surface area contributed by atoms with Gasteiger partial charge in [-0.1, -0.05) is 0 Å². The standard InChI is InChI=1S/C11H19N3S/c1-14-11(4-5-13-14)8-12-6-7-15-9-10-2-3-10/h4-5,10,12H,2-3,6-9H2,1H3. The number of hydrogen-bond donors (Lipinski definition) is 1. The van der Waals surface area contributed by atoms with Crippen LogP contribution in [0.5, 0.6) is 0 Å². The second-order valence-corrected chi connectivity index (χ2v) is 5.29. The minimum absolute atomic E-state index is 0.931. The van der Waals surface area contributed by atoms with Gasteiger partial charge in [-0.15, -0.1) is 0 Å². The Morgan fingerprint density at radius 3 is 3.13 bits per heavy atom. The van der Waals surface area contributed by atoms with Gasteiger partial charge >= 0.3 is 0 Å². The lowest BCUT2D eigenvalue weighted by Crippen LogP contribution is -2.18. The van der Waals surface area contributed by atoms with Crippen molar-refractivity contribution in [2.45, 2.75) is 19.4 Å². The van der Waals surface area contributed by atoms with Crippen LogP contribution in [0.3, 0.4) is 0 Å². The van der Waals surface area contributed by atoms with Crippen LogP contribution in [0.1, 0.15) is 18.5 Å². The van der Waals surface area contributed by atoms with E-state index in [1.807, 2.05) is 17.9 Å². The fourth-order valence-corrected chi connectivity index (χ4v) is 2.59. The molecular formula is C11H19N3S. The SMILES string of the molecule is Cn1nccc1CNCCSCC1CC1. The van der Waals surface area contributed by atoms with E-state index < -0.39 is 0 Å². The molecule has 1 aromatic heterocycles. The van der Waals surface area contributed by atoms with Crippen LogP contribution >= 0.6 is 11.8 Å². The lowest BCUT2D eigenvalue weighted by molar-refractivity contribution is 0.645. The highest BCUT2D eigenvalue weighted by Crippen LogP contribution is 2.32. The molecule has 1 aliphatic rings. The highest BCUT2D eigenvalue weighted by Gasteiger charge is 2.20. The molecule has 3 nitrogen and oxygen atoms in total. The molecule has 0 radical (unpaired) electrons. The van der Waals surface area contributed by atoms with E-state index in [1.54, 1.807) is 0 Å². The molecule has 1 fully saturated rings. The van der Waals surface area contributed by atoms with Crippen molar-refractivity contribution in [1.29, 1.82) is 0 Å². The van der Waals surface area contributed by atoms with Crippen LogP contribution < -0.4 is 5.32 Å². The maximum Gasteiger partial charge on any atom is 0.0518 e. The summed E-state index contributed by atoms with van der Waals surface area (Å²) in [6.07, 6.45) is 4.78. The zero-order valence-electron chi connectivity index (χ0n) is 9.28. The third-order valence-corrected chi connectivity index (χ3v) is 3.90. The Morgan fingerprint density at radius 1 is 1.60 bits per heavy atom. The first-order valence-electron chi connectivity index (χ1n) is 5.61. The van der Waals surface area contributed by atoms with Crippen molar-refractivity contribution < 1.29 is 0 Å². The number of aromatic nitrogens is 2. The molecule has 15 heavy (non-hydrogen) atoms. The number of rotatable bonds is 7. The summed E-state index contributed by atoms with van der Waals surface area (Å²) in [6.45, 7) is 2.03. The summed E-state index contributed by atoms with van der Waals surface area (Å²) in [4.78, 5) is 0. The molecule has 1 saturated carbocycles. The fourth-order valence-electron chi connectivity index (χ4n) is 1.47. The normalized spacial score (nSPS) is 15.8. The van der Waals surface area contributed by atoms with Gasteiger partial charge in [0.05, 0.1) is 5.69 Å². The molecule has 0 spiro atoms. The third kappa shape index (κ3) is 3.87. The van der Waals surface area contributed by atoms with E-state index in [-0.39, 0.29) is 0 Å². The van der Waals surface area contributed by atoms with Crippen molar-refractivity contribution in [3.05, 3.63) is 18.0 Å². The van der Waals surface area contributed by atoms with Gasteiger partial charge < -0.3 is 5.32 Å². The zero-order valence-corrected chi connectivity index (χ0v) is 10.1. The summed E-state index contributed by atoms with van der Waals surface area (Å²) >= 11 is 2.08. The van der Waals surface area contributed by atoms with E-state index in [0.29, 0.717) is 0 Å². The minimum Gasteiger partial charge on any atom is -0.310 e. The topological polar surface area (TPSA) is 29.9 Å². The summed E-state index contributed by atoms with van der Waals surface area (Å²) in [7, 11) is 1.98. The van der Waals surface area contributed by atoms with Gasteiger partial charge in [-0.2, -0.15) is 16.9 Å². The molecule has 4 heteroatoms. The first-order valence-corrected chi connectivity index (χ1v) is 6.77. The molecule has 1 aliphatic carbocycles. The van der Waals surface area contributed by atoms with E-state index in [4.69, 9.17) is 0 Å². The smallest absolute Gasteiger partial charge is 0.0518 e. The Balaban J connectivity index is 1.49. The van der Waals surface area contributed by atoms with Crippen molar-refractivity contribution >= 4 is 11.8 Å². The Kier molecular flexibility index (Phi) is 4.09. The van der Waals surface area contributed by atoms with Gasteiger partial charge in [-0.25, -0.2) is 0 Å². The van der Waals surface area contributed by atoms with Crippen LogP contribution in [0.4, 0.5) is 0 Å². The number of nitrogens with one attached hydrogen (secondary N) is 1. The largest absolute Gasteiger partial charge is 0.310 e. The second-order valence-electron chi connectivity index (χ2n) is 4.14. The van der Waals surface area contributed by atoms with Crippen LogP contribution in [0.15, 0.2) is 12.3 Å². The van der Waals surface area contributed by atoms with E-state index in [0.717, 1.165) is 19.0 Å². The van der Waals surface area contributed by atoms with Gasteiger partial charge in [0.1, 0.15) is 0 Å². The molecule has 84 valence electrons. The van der Waals surface area contributed by atoms with Gasteiger partial charge in [0.25, 0.3) is 0 Å². The van der Waals surface area contributed by atoms with Gasteiger partial charge in [0, 0.05) is 32.1 Å².